The third-order valence-corrected chi connectivity index (χ3v) is 6.67. The standard InChI is InChI=1S/C23H28N4OS/c1-23(2,3)16-10-8-15(9-11-16)21(28)25-13-12-24-20-19-17-6-4-5-7-18(17)29-22(19)27-14-26-20/h8-11,14H,4-7,12-13H2,1-3H3,(H,25,28)(H,24,26,27). The van der Waals surface area contributed by atoms with Crippen molar-refractivity contribution < 1.29 is 4.79 Å². The minimum atomic E-state index is -0.0481. The zero-order chi connectivity index (χ0) is 20.4. The molecule has 6 heteroatoms. The van der Waals surface area contributed by atoms with Gasteiger partial charge in [-0.3, -0.25) is 4.79 Å². The normalized spacial score (nSPS) is 13.9. The van der Waals surface area contributed by atoms with Gasteiger partial charge in [-0.05, 0) is 54.4 Å². The van der Waals surface area contributed by atoms with Crippen LogP contribution in [0, 0.1) is 0 Å². The average Bonchev–Trinajstić information content (AvgIpc) is 3.10. The third-order valence-electron chi connectivity index (χ3n) is 5.47. The van der Waals surface area contributed by atoms with Crippen LogP contribution in [-0.2, 0) is 18.3 Å². The highest BCUT2D eigenvalue weighted by atomic mass is 32.1. The summed E-state index contributed by atoms with van der Waals surface area (Å²) >= 11 is 1.80. The number of nitrogens with one attached hydrogen (secondary N) is 2. The van der Waals surface area contributed by atoms with Crippen molar-refractivity contribution in [3.05, 3.63) is 52.2 Å². The topological polar surface area (TPSA) is 66.9 Å². The van der Waals surface area contributed by atoms with E-state index >= 15 is 0 Å². The number of fused-ring (bicyclic) bond motifs is 3. The van der Waals surface area contributed by atoms with Crippen LogP contribution in [0.5, 0.6) is 0 Å². The lowest BCUT2D eigenvalue weighted by atomic mass is 9.87. The summed E-state index contributed by atoms with van der Waals surface area (Å²) < 4.78 is 0. The summed E-state index contributed by atoms with van der Waals surface area (Å²) in [6, 6.07) is 7.86. The number of aromatic nitrogens is 2. The molecule has 0 saturated heterocycles. The number of thiophene rings is 1. The van der Waals surface area contributed by atoms with Gasteiger partial charge in [0, 0.05) is 23.5 Å². The molecule has 0 saturated carbocycles. The number of nitrogens with zero attached hydrogens (tertiary/aromatic N) is 2. The van der Waals surface area contributed by atoms with Gasteiger partial charge in [-0.1, -0.05) is 32.9 Å². The Kier molecular flexibility index (Phi) is 5.54. The number of aryl methyl sites for hydroxylation is 2. The van der Waals surface area contributed by atoms with Crippen LogP contribution >= 0.6 is 11.3 Å². The number of hydrogen-bond donors (Lipinski definition) is 2. The fourth-order valence-corrected chi connectivity index (χ4v) is 5.03. The highest BCUT2D eigenvalue weighted by molar-refractivity contribution is 7.19. The molecule has 0 aliphatic heterocycles. The highest BCUT2D eigenvalue weighted by Crippen LogP contribution is 2.37. The van der Waals surface area contributed by atoms with Crippen LogP contribution in [0.2, 0.25) is 0 Å². The molecule has 2 heterocycles. The highest BCUT2D eigenvalue weighted by Gasteiger charge is 2.19. The third kappa shape index (κ3) is 4.27. The Balaban J connectivity index is 1.36. The first-order valence-corrected chi connectivity index (χ1v) is 11.1. The van der Waals surface area contributed by atoms with Crippen molar-refractivity contribution in [3.63, 3.8) is 0 Å². The smallest absolute Gasteiger partial charge is 0.251 e. The van der Waals surface area contributed by atoms with Gasteiger partial charge in [0.2, 0.25) is 0 Å². The van der Waals surface area contributed by atoms with Gasteiger partial charge in [-0.15, -0.1) is 11.3 Å². The van der Waals surface area contributed by atoms with Gasteiger partial charge in [-0.2, -0.15) is 0 Å². The van der Waals surface area contributed by atoms with E-state index in [2.05, 4.69) is 41.4 Å². The number of amides is 1. The molecule has 152 valence electrons. The second-order valence-electron chi connectivity index (χ2n) is 8.62. The van der Waals surface area contributed by atoms with E-state index in [0.29, 0.717) is 18.7 Å². The van der Waals surface area contributed by atoms with Crippen molar-refractivity contribution in [2.75, 3.05) is 18.4 Å². The molecule has 0 unspecified atom stereocenters. The van der Waals surface area contributed by atoms with E-state index in [1.165, 1.54) is 34.2 Å². The van der Waals surface area contributed by atoms with Gasteiger partial charge in [0.15, 0.2) is 0 Å². The summed E-state index contributed by atoms with van der Waals surface area (Å²) in [6.07, 6.45) is 6.39. The Labute approximate surface area is 176 Å². The minimum absolute atomic E-state index is 0.0481. The van der Waals surface area contributed by atoms with E-state index in [9.17, 15) is 4.79 Å². The lowest BCUT2D eigenvalue weighted by Crippen LogP contribution is -2.29. The van der Waals surface area contributed by atoms with Crippen LogP contribution in [0.25, 0.3) is 10.2 Å². The molecule has 3 aromatic rings. The number of benzene rings is 1. The van der Waals surface area contributed by atoms with E-state index in [1.54, 1.807) is 17.7 Å². The Bertz CT molecular complexity index is 1020. The number of anilines is 1. The van der Waals surface area contributed by atoms with Crippen LogP contribution in [0.1, 0.15) is 60.0 Å². The van der Waals surface area contributed by atoms with Crippen molar-refractivity contribution in [1.82, 2.24) is 15.3 Å². The lowest BCUT2D eigenvalue weighted by Gasteiger charge is -2.19. The first-order chi connectivity index (χ1) is 13.9. The maximum atomic E-state index is 12.4. The zero-order valence-corrected chi connectivity index (χ0v) is 18.2. The van der Waals surface area contributed by atoms with Gasteiger partial charge in [-0.25, -0.2) is 9.97 Å². The van der Waals surface area contributed by atoms with Gasteiger partial charge in [0.1, 0.15) is 17.0 Å². The van der Waals surface area contributed by atoms with Crippen LogP contribution < -0.4 is 10.6 Å². The van der Waals surface area contributed by atoms with Crippen LogP contribution in [0.3, 0.4) is 0 Å². The van der Waals surface area contributed by atoms with Crippen LogP contribution in [0.15, 0.2) is 30.6 Å². The Morgan fingerprint density at radius 1 is 1.07 bits per heavy atom. The van der Waals surface area contributed by atoms with E-state index < -0.39 is 0 Å². The van der Waals surface area contributed by atoms with Gasteiger partial charge in [0.25, 0.3) is 5.91 Å². The molecule has 4 rings (SSSR count). The molecule has 1 aromatic carbocycles. The number of hydrogen-bond acceptors (Lipinski definition) is 5. The largest absolute Gasteiger partial charge is 0.368 e. The maximum Gasteiger partial charge on any atom is 0.251 e. The molecule has 0 bridgehead atoms. The van der Waals surface area contributed by atoms with Crippen molar-refractivity contribution in [2.45, 2.75) is 51.9 Å². The summed E-state index contributed by atoms with van der Waals surface area (Å²) in [4.78, 5) is 23.9. The Morgan fingerprint density at radius 3 is 2.59 bits per heavy atom. The molecule has 29 heavy (non-hydrogen) atoms. The first-order valence-electron chi connectivity index (χ1n) is 10.3. The van der Waals surface area contributed by atoms with Gasteiger partial charge in [0.05, 0.1) is 5.39 Å². The molecule has 2 aromatic heterocycles. The molecular formula is C23H28N4OS. The molecule has 1 aliphatic carbocycles. The van der Waals surface area contributed by atoms with E-state index in [1.807, 2.05) is 24.3 Å². The second-order valence-corrected chi connectivity index (χ2v) is 9.71. The number of carbonyl (C=O) groups is 1. The van der Waals surface area contributed by atoms with Crippen molar-refractivity contribution >= 4 is 33.3 Å². The quantitative estimate of drug-likeness (QED) is 0.600. The van der Waals surface area contributed by atoms with Crippen LogP contribution in [0.4, 0.5) is 5.82 Å². The predicted octanol–water partition coefficient (Wildman–Crippen LogP) is 4.71. The first kappa shape index (κ1) is 19.8. The SMILES string of the molecule is CC(C)(C)c1ccc(C(=O)NCCNc2ncnc3sc4c(c23)CCCC4)cc1. The molecular weight excluding hydrogens is 380 g/mol. The number of carbonyl (C=O) groups excluding carboxylic acids is 1. The predicted molar refractivity (Wildman–Crippen MR) is 120 cm³/mol. The minimum Gasteiger partial charge on any atom is -0.368 e. The molecule has 0 spiro atoms. The average molecular weight is 409 g/mol. The van der Waals surface area contributed by atoms with Crippen molar-refractivity contribution in [2.24, 2.45) is 0 Å². The summed E-state index contributed by atoms with van der Waals surface area (Å²) in [5.41, 5.74) is 3.42. The molecule has 0 fully saturated rings. The van der Waals surface area contributed by atoms with Gasteiger partial charge >= 0.3 is 0 Å². The Hall–Kier alpha value is -2.47. The summed E-state index contributed by atoms with van der Waals surface area (Å²) in [7, 11) is 0. The fourth-order valence-electron chi connectivity index (χ4n) is 3.80. The number of rotatable bonds is 5. The second kappa shape index (κ2) is 8.11. The molecule has 1 aliphatic rings. The summed E-state index contributed by atoms with van der Waals surface area (Å²) in [5.74, 6) is 0.839. The van der Waals surface area contributed by atoms with Crippen LogP contribution in [-0.4, -0.2) is 29.0 Å². The van der Waals surface area contributed by atoms with Crippen molar-refractivity contribution in [1.29, 1.82) is 0 Å². The van der Waals surface area contributed by atoms with Gasteiger partial charge < -0.3 is 10.6 Å². The Morgan fingerprint density at radius 2 is 1.83 bits per heavy atom. The molecule has 0 atom stereocenters. The molecule has 5 nitrogen and oxygen atoms in total. The molecule has 0 radical (unpaired) electrons. The maximum absolute atomic E-state index is 12.4. The fraction of sp³-hybridized carbons (Fsp3) is 0.435. The van der Waals surface area contributed by atoms with E-state index in [-0.39, 0.29) is 11.3 Å². The zero-order valence-electron chi connectivity index (χ0n) is 17.3. The lowest BCUT2D eigenvalue weighted by molar-refractivity contribution is 0.0955. The monoisotopic (exact) mass is 408 g/mol. The molecule has 1 amide bonds. The summed E-state index contributed by atoms with van der Waals surface area (Å²) in [6.45, 7) is 7.67. The summed E-state index contributed by atoms with van der Waals surface area (Å²) in [5, 5.41) is 7.57. The molecule has 2 N–H and O–H groups in total. The van der Waals surface area contributed by atoms with Crippen molar-refractivity contribution in [3.8, 4) is 0 Å². The van der Waals surface area contributed by atoms with E-state index in [4.69, 9.17) is 0 Å². The van der Waals surface area contributed by atoms with E-state index in [0.717, 1.165) is 23.5 Å².